The van der Waals surface area contributed by atoms with Crippen molar-refractivity contribution in [2.45, 2.75) is 11.5 Å². The lowest BCUT2D eigenvalue weighted by Crippen LogP contribution is -3.00. The highest BCUT2D eigenvalue weighted by molar-refractivity contribution is 5.53. The van der Waals surface area contributed by atoms with Crippen molar-refractivity contribution >= 4 is 0 Å². The fourth-order valence-electron chi connectivity index (χ4n) is 4.14. The molecule has 3 N–H and O–H groups in total. The molecular weight excluding hydrogens is 406 g/mol. The van der Waals surface area contributed by atoms with Crippen molar-refractivity contribution in [3.05, 3.63) is 144 Å². The Hall–Kier alpha value is -2.68. The predicted octanol–water partition coefficient (Wildman–Crippen LogP) is 2.01. The lowest BCUT2D eigenvalue weighted by molar-refractivity contribution is -0.438. The maximum absolute atomic E-state index is 4.71. The third kappa shape index (κ3) is 3.54. The summed E-state index contributed by atoms with van der Waals surface area (Å²) in [5.41, 5.74) is 9.34. The van der Waals surface area contributed by atoms with E-state index in [1.165, 1.54) is 22.3 Å². The minimum absolute atomic E-state index is 0. The van der Waals surface area contributed by atoms with E-state index in [1.54, 1.807) is 0 Å². The fraction of sp³-hybridized carbons (Fsp3) is 0.0769. The second kappa shape index (κ2) is 9.01. The fourth-order valence-corrected chi connectivity index (χ4v) is 4.14. The molecule has 0 amide bonds. The van der Waals surface area contributed by atoms with Crippen molar-refractivity contribution < 1.29 is 22.7 Å². The van der Waals surface area contributed by atoms with Crippen LogP contribution in [0.2, 0.25) is 0 Å². The van der Waals surface area contributed by atoms with Crippen LogP contribution in [0.4, 0.5) is 0 Å². The van der Waals surface area contributed by atoms with Crippen molar-refractivity contribution in [3.63, 3.8) is 0 Å². The third-order valence-corrected chi connectivity index (χ3v) is 5.41. The number of hydrogen-bond acceptors (Lipinski definition) is 0. The van der Waals surface area contributed by atoms with Gasteiger partial charge in [-0.05, 0) is 16.7 Å². The molecule has 0 heterocycles. The van der Waals surface area contributed by atoms with Gasteiger partial charge in [-0.3, -0.25) is 0 Å². The minimum Gasteiger partial charge on any atom is -1.00 e. The van der Waals surface area contributed by atoms with Crippen molar-refractivity contribution in [2.75, 3.05) is 0 Å². The number of halogens is 1. The van der Waals surface area contributed by atoms with Crippen LogP contribution >= 0.6 is 0 Å². The molecule has 0 aromatic heterocycles. The van der Waals surface area contributed by atoms with Crippen LogP contribution in [0.3, 0.4) is 0 Å². The Morgan fingerprint density at radius 1 is 0.464 bits per heavy atom. The van der Waals surface area contributed by atoms with E-state index in [1.807, 2.05) is 0 Å². The van der Waals surface area contributed by atoms with E-state index in [9.17, 15) is 0 Å². The van der Waals surface area contributed by atoms with Gasteiger partial charge in [-0.2, -0.15) is 0 Å². The van der Waals surface area contributed by atoms with Crippen LogP contribution in [0.15, 0.2) is 121 Å². The Balaban J connectivity index is 0.00000225. The molecular formula is C26H24BrN. The third-order valence-electron chi connectivity index (χ3n) is 5.41. The van der Waals surface area contributed by atoms with Gasteiger partial charge in [0.25, 0.3) is 0 Å². The molecule has 0 aliphatic carbocycles. The molecule has 2 heteroatoms. The molecule has 1 nitrogen and oxygen atoms in total. The molecule has 0 saturated heterocycles. The van der Waals surface area contributed by atoms with E-state index in [0.717, 1.165) is 0 Å². The second-order valence-electron chi connectivity index (χ2n) is 6.87. The first-order valence-electron chi connectivity index (χ1n) is 9.38. The summed E-state index contributed by atoms with van der Waals surface area (Å²) in [6.45, 7) is 0. The van der Waals surface area contributed by atoms with Crippen LogP contribution in [0.25, 0.3) is 0 Å². The smallest absolute Gasteiger partial charge is 0.128 e. The van der Waals surface area contributed by atoms with Gasteiger partial charge in [-0.25, -0.2) is 0 Å². The zero-order valence-electron chi connectivity index (χ0n) is 15.7. The van der Waals surface area contributed by atoms with Crippen LogP contribution < -0.4 is 22.7 Å². The molecule has 140 valence electrons. The van der Waals surface area contributed by atoms with Gasteiger partial charge in [0.15, 0.2) is 0 Å². The molecule has 0 radical (unpaired) electrons. The Labute approximate surface area is 177 Å². The number of rotatable bonds is 5. The summed E-state index contributed by atoms with van der Waals surface area (Å²) < 4.78 is 0. The Bertz CT molecular complexity index is 873. The van der Waals surface area contributed by atoms with Crippen LogP contribution in [0.5, 0.6) is 0 Å². The van der Waals surface area contributed by atoms with Gasteiger partial charge in [-0.1, -0.05) is 121 Å². The number of benzene rings is 4. The molecule has 0 spiro atoms. The van der Waals surface area contributed by atoms with Gasteiger partial charge >= 0.3 is 0 Å². The molecule has 0 aliphatic rings. The highest BCUT2D eigenvalue weighted by Gasteiger charge is 2.45. The molecule has 4 rings (SSSR count). The highest BCUT2D eigenvalue weighted by Crippen LogP contribution is 2.46. The molecule has 0 fully saturated rings. The number of hydrogen-bond donors (Lipinski definition) is 1. The normalized spacial score (nSPS) is 12.0. The summed E-state index contributed by atoms with van der Waals surface area (Å²) in [4.78, 5) is 0. The van der Waals surface area contributed by atoms with Crippen molar-refractivity contribution in [1.82, 2.24) is 0 Å². The first kappa shape index (κ1) is 20.1. The largest absolute Gasteiger partial charge is 1.00 e. The summed E-state index contributed by atoms with van der Waals surface area (Å²) >= 11 is 0. The average molecular weight is 430 g/mol. The van der Waals surface area contributed by atoms with E-state index in [-0.39, 0.29) is 28.4 Å². The average Bonchev–Trinajstić information content (AvgIpc) is 2.77. The van der Waals surface area contributed by atoms with Gasteiger partial charge in [0.1, 0.15) is 11.5 Å². The quantitative estimate of drug-likeness (QED) is 0.470. The van der Waals surface area contributed by atoms with E-state index >= 15 is 0 Å². The Morgan fingerprint density at radius 2 is 0.750 bits per heavy atom. The van der Waals surface area contributed by atoms with Crippen LogP contribution in [0.1, 0.15) is 28.3 Å². The topological polar surface area (TPSA) is 27.6 Å². The molecule has 28 heavy (non-hydrogen) atoms. The van der Waals surface area contributed by atoms with Gasteiger partial charge in [0, 0.05) is 5.56 Å². The molecule has 0 saturated carbocycles. The minimum atomic E-state index is -0.370. The van der Waals surface area contributed by atoms with Crippen molar-refractivity contribution in [1.29, 1.82) is 0 Å². The predicted molar refractivity (Wildman–Crippen MR) is 111 cm³/mol. The monoisotopic (exact) mass is 429 g/mol. The lowest BCUT2D eigenvalue weighted by atomic mass is 9.63. The van der Waals surface area contributed by atoms with Crippen molar-refractivity contribution in [3.8, 4) is 0 Å². The molecule has 4 aromatic rings. The Morgan fingerprint density at radius 3 is 1.07 bits per heavy atom. The van der Waals surface area contributed by atoms with Gasteiger partial charge in [0.2, 0.25) is 0 Å². The summed E-state index contributed by atoms with van der Waals surface area (Å²) in [7, 11) is 0. The van der Waals surface area contributed by atoms with Gasteiger partial charge in [0.05, 0.1) is 0 Å². The summed E-state index contributed by atoms with van der Waals surface area (Å²) in [6.07, 6.45) is 0. The maximum atomic E-state index is 4.71. The van der Waals surface area contributed by atoms with E-state index in [4.69, 9.17) is 5.73 Å². The first-order valence-corrected chi connectivity index (χ1v) is 9.38. The van der Waals surface area contributed by atoms with E-state index < -0.39 is 0 Å². The van der Waals surface area contributed by atoms with Crippen LogP contribution in [-0.2, 0) is 5.41 Å². The zero-order valence-corrected chi connectivity index (χ0v) is 17.3. The van der Waals surface area contributed by atoms with Crippen LogP contribution in [0, 0.1) is 0 Å². The zero-order chi connectivity index (χ0) is 18.5. The molecule has 0 bridgehead atoms. The van der Waals surface area contributed by atoms with Crippen LogP contribution in [-0.4, -0.2) is 0 Å². The summed E-state index contributed by atoms with van der Waals surface area (Å²) in [5, 5.41) is 0. The van der Waals surface area contributed by atoms with Crippen molar-refractivity contribution in [2.24, 2.45) is 0 Å². The van der Waals surface area contributed by atoms with E-state index in [2.05, 4.69) is 121 Å². The lowest BCUT2D eigenvalue weighted by Gasteiger charge is -2.38. The first-order chi connectivity index (χ1) is 13.3. The SMILES string of the molecule is [Br-].[NH3+]C(c1ccccc1)C(c1ccccc1)(c1ccccc1)c1ccccc1. The molecule has 1 atom stereocenters. The number of quaternary nitrogens is 1. The maximum Gasteiger partial charge on any atom is 0.128 e. The summed E-state index contributed by atoms with van der Waals surface area (Å²) in [5.74, 6) is 0. The highest BCUT2D eigenvalue weighted by atomic mass is 79.9. The van der Waals surface area contributed by atoms with E-state index in [0.29, 0.717) is 0 Å². The molecule has 4 aromatic carbocycles. The summed E-state index contributed by atoms with van der Waals surface area (Å²) in [6, 6.07) is 42.9. The molecule has 1 unspecified atom stereocenters. The Kier molecular flexibility index (Phi) is 6.45. The standard InChI is InChI=1S/C26H23N.BrH/c27-25(21-13-5-1-6-14-21)26(22-15-7-2-8-16-22,23-17-9-3-10-18-23)24-19-11-4-12-20-24;/h1-20,25H,27H2;1H. The molecule has 0 aliphatic heterocycles. The van der Waals surface area contributed by atoms with Gasteiger partial charge < -0.3 is 22.7 Å². The second-order valence-corrected chi connectivity index (χ2v) is 6.87. The van der Waals surface area contributed by atoms with Gasteiger partial charge in [-0.15, -0.1) is 0 Å².